The van der Waals surface area contributed by atoms with Crippen molar-refractivity contribution in [3.8, 4) is 11.3 Å². The Bertz CT molecular complexity index is 522. The van der Waals surface area contributed by atoms with Crippen LogP contribution in [0.15, 0.2) is 36.8 Å². The van der Waals surface area contributed by atoms with Crippen molar-refractivity contribution in [3.63, 3.8) is 0 Å². The molecule has 0 unspecified atom stereocenters. The number of imidazole rings is 1. The number of nitrogens with zero attached hydrogens (tertiary/aromatic N) is 2. The predicted octanol–water partition coefficient (Wildman–Crippen LogP) is 3.08. The number of benzene rings is 1. The number of hydrogen-bond donors (Lipinski definition) is 0. The van der Waals surface area contributed by atoms with Crippen LogP contribution in [-0.4, -0.2) is 21.3 Å². The van der Waals surface area contributed by atoms with E-state index in [1.165, 1.54) is 10.9 Å². The zero-order valence-corrected chi connectivity index (χ0v) is 9.74. The lowest BCUT2D eigenvalue weighted by Gasteiger charge is -1.97. The molecule has 2 aromatic rings. The van der Waals surface area contributed by atoms with Gasteiger partial charge in [-0.1, -0.05) is 23.7 Å². The summed E-state index contributed by atoms with van der Waals surface area (Å²) in [5.74, 6) is -0.270. The number of hydrogen-bond acceptors (Lipinski definition) is 2. The molecule has 3 nitrogen and oxygen atoms in total. The second-order valence-electron chi connectivity index (χ2n) is 3.20. The van der Waals surface area contributed by atoms with Crippen LogP contribution in [0.3, 0.4) is 0 Å². The third kappa shape index (κ3) is 2.26. The normalized spacial score (nSPS) is 10.4. The molecule has 0 amide bonds. The average molecular weight is 255 g/mol. The maximum Gasteiger partial charge on any atom is 0.246 e. The quantitative estimate of drug-likeness (QED) is 0.773. The molecule has 82 valence electrons. The van der Waals surface area contributed by atoms with Crippen LogP contribution >= 0.6 is 23.2 Å². The number of carbonyl (C=O) groups is 1. The first-order valence-electron chi connectivity index (χ1n) is 4.60. The van der Waals surface area contributed by atoms with E-state index in [0.29, 0.717) is 10.7 Å². The summed E-state index contributed by atoms with van der Waals surface area (Å²) in [6.45, 7) is 0. The predicted molar refractivity (Wildman–Crippen MR) is 64.0 cm³/mol. The first kappa shape index (κ1) is 11.2. The first-order valence-corrected chi connectivity index (χ1v) is 5.51. The van der Waals surface area contributed by atoms with E-state index in [1.807, 2.05) is 12.1 Å². The molecule has 0 fully saturated rings. The van der Waals surface area contributed by atoms with Crippen molar-refractivity contribution >= 4 is 29.1 Å². The molecule has 1 heterocycles. The van der Waals surface area contributed by atoms with Crippen LogP contribution in [0.2, 0.25) is 5.02 Å². The third-order valence-corrected chi connectivity index (χ3v) is 2.57. The molecule has 0 saturated carbocycles. The summed E-state index contributed by atoms with van der Waals surface area (Å²) < 4.78 is 1.36. The van der Waals surface area contributed by atoms with Gasteiger partial charge in [-0.15, -0.1) is 11.6 Å². The van der Waals surface area contributed by atoms with E-state index < -0.39 is 0 Å². The molecule has 0 radical (unpaired) electrons. The minimum absolute atomic E-state index is 0.0641. The Labute approximate surface area is 103 Å². The Morgan fingerprint density at radius 2 is 2.25 bits per heavy atom. The van der Waals surface area contributed by atoms with Gasteiger partial charge in [0.15, 0.2) is 0 Å². The van der Waals surface area contributed by atoms with E-state index in [4.69, 9.17) is 23.2 Å². The zero-order valence-electron chi connectivity index (χ0n) is 8.23. The first-order chi connectivity index (χ1) is 7.70. The molecule has 0 atom stereocenters. The molecule has 16 heavy (non-hydrogen) atoms. The maximum absolute atomic E-state index is 11.3. The van der Waals surface area contributed by atoms with E-state index in [1.54, 1.807) is 18.3 Å². The van der Waals surface area contributed by atoms with Crippen LogP contribution in [0.25, 0.3) is 11.3 Å². The van der Waals surface area contributed by atoms with Gasteiger partial charge < -0.3 is 0 Å². The summed E-state index contributed by atoms with van der Waals surface area (Å²) in [6.07, 6.45) is 3.08. The van der Waals surface area contributed by atoms with Gasteiger partial charge >= 0.3 is 0 Å². The highest BCUT2D eigenvalue weighted by Gasteiger charge is 2.06. The standard InChI is InChI=1S/C11H8Cl2N2O/c12-5-11(16)15-6-10(14-7-15)8-2-1-3-9(13)4-8/h1-4,6-7H,5H2. The zero-order chi connectivity index (χ0) is 11.5. The summed E-state index contributed by atoms with van der Waals surface area (Å²) >= 11 is 11.3. The average Bonchev–Trinajstić information content (AvgIpc) is 2.77. The number of halogens is 2. The Morgan fingerprint density at radius 1 is 1.44 bits per heavy atom. The molecular weight excluding hydrogens is 247 g/mol. The summed E-state index contributed by atoms with van der Waals surface area (Å²) in [4.78, 5) is 15.4. The van der Waals surface area contributed by atoms with Gasteiger partial charge in [0.2, 0.25) is 5.91 Å². The number of aromatic nitrogens is 2. The SMILES string of the molecule is O=C(CCl)n1cnc(-c2cccc(Cl)c2)c1. The van der Waals surface area contributed by atoms with Crippen LogP contribution < -0.4 is 0 Å². The second-order valence-corrected chi connectivity index (χ2v) is 3.91. The monoisotopic (exact) mass is 254 g/mol. The minimum Gasteiger partial charge on any atom is -0.275 e. The van der Waals surface area contributed by atoms with E-state index in [9.17, 15) is 4.79 Å². The molecule has 0 aliphatic heterocycles. The summed E-state index contributed by atoms with van der Waals surface area (Å²) in [5.41, 5.74) is 1.56. The van der Waals surface area contributed by atoms with Gasteiger partial charge in [-0.25, -0.2) is 4.98 Å². The molecule has 1 aromatic heterocycles. The van der Waals surface area contributed by atoms with Crippen molar-refractivity contribution in [1.29, 1.82) is 0 Å². The van der Waals surface area contributed by atoms with Crippen molar-refractivity contribution < 1.29 is 4.79 Å². The second kappa shape index (κ2) is 4.68. The molecule has 1 aromatic carbocycles. The van der Waals surface area contributed by atoms with Crippen LogP contribution in [0, 0.1) is 0 Å². The van der Waals surface area contributed by atoms with Crippen molar-refractivity contribution in [1.82, 2.24) is 9.55 Å². The molecule has 0 bridgehead atoms. The van der Waals surface area contributed by atoms with Crippen molar-refractivity contribution in [2.75, 3.05) is 5.88 Å². The van der Waals surface area contributed by atoms with Gasteiger partial charge in [-0.2, -0.15) is 0 Å². The lowest BCUT2D eigenvalue weighted by molar-refractivity contribution is 0.0940. The van der Waals surface area contributed by atoms with Crippen LogP contribution in [0.4, 0.5) is 0 Å². The fraction of sp³-hybridized carbons (Fsp3) is 0.0909. The topological polar surface area (TPSA) is 34.9 Å². The van der Waals surface area contributed by atoms with Crippen molar-refractivity contribution in [2.24, 2.45) is 0 Å². The van der Waals surface area contributed by atoms with Crippen molar-refractivity contribution in [2.45, 2.75) is 0 Å². The van der Waals surface area contributed by atoms with Crippen LogP contribution in [0.1, 0.15) is 4.79 Å². The Kier molecular flexibility index (Phi) is 3.27. The van der Waals surface area contributed by atoms with E-state index in [0.717, 1.165) is 5.56 Å². The summed E-state index contributed by atoms with van der Waals surface area (Å²) in [6, 6.07) is 7.29. The molecule has 0 N–H and O–H groups in total. The van der Waals surface area contributed by atoms with Gasteiger partial charge in [0.25, 0.3) is 0 Å². The molecule has 0 aliphatic rings. The van der Waals surface area contributed by atoms with E-state index >= 15 is 0 Å². The highest BCUT2D eigenvalue weighted by atomic mass is 35.5. The van der Waals surface area contributed by atoms with Gasteiger partial charge in [0.1, 0.15) is 12.2 Å². The van der Waals surface area contributed by atoms with Crippen molar-refractivity contribution in [3.05, 3.63) is 41.8 Å². The highest BCUT2D eigenvalue weighted by molar-refractivity contribution is 6.30. The highest BCUT2D eigenvalue weighted by Crippen LogP contribution is 2.20. The molecule has 0 saturated heterocycles. The summed E-state index contributed by atoms with van der Waals surface area (Å²) in [5, 5.41) is 0.635. The van der Waals surface area contributed by atoms with Gasteiger partial charge in [0.05, 0.1) is 5.69 Å². The van der Waals surface area contributed by atoms with E-state index in [-0.39, 0.29) is 11.8 Å². The molecule has 2 rings (SSSR count). The maximum atomic E-state index is 11.3. The lowest BCUT2D eigenvalue weighted by Crippen LogP contribution is -2.08. The number of alkyl halides is 1. The molecular formula is C11H8Cl2N2O. The van der Waals surface area contributed by atoms with Gasteiger partial charge in [-0.05, 0) is 12.1 Å². The molecule has 0 spiro atoms. The summed E-state index contributed by atoms with van der Waals surface area (Å²) in [7, 11) is 0. The number of carbonyl (C=O) groups excluding carboxylic acids is 1. The van der Waals surface area contributed by atoms with Crippen LogP contribution in [-0.2, 0) is 0 Å². The largest absolute Gasteiger partial charge is 0.275 e. The third-order valence-electron chi connectivity index (χ3n) is 2.11. The molecule has 0 aliphatic carbocycles. The Morgan fingerprint density at radius 3 is 2.94 bits per heavy atom. The van der Waals surface area contributed by atoms with E-state index in [2.05, 4.69) is 4.98 Å². The fourth-order valence-corrected chi connectivity index (χ4v) is 1.65. The number of rotatable bonds is 2. The van der Waals surface area contributed by atoms with Crippen LogP contribution in [0.5, 0.6) is 0 Å². The smallest absolute Gasteiger partial charge is 0.246 e. The lowest BCUT2D eigenvalue weighted by atomic mass is 10.2. The Balaban J connectivity index is 2.35. The van der Waals surface area contributed by atoms with Gasteiger partial charge in [0, 0.05) is 16.8 Å². The Hall–Kier alpha value is -1.32. The fourth-order valence-electron chi connectivity index (χ4n) is 1.33. The minimum atomic E-state index is -0.206. The molecule has 5 heteroatoms. The van der Waals surface area contributed by atoms with Gasteiger partial charge in [-0.3, -0.25) is 9.36 Å².